The van der Waals surface area contributed by atoms with Crippen LogP contribution in [0.15, 0.2) is 16.7 Å². The van der Waals surface area contributed by atoms with E-state index in [1.165, 1.54) is 31.9 Å². The van der Waals surface area contributed by atoms with Gasteiger partial charge in [-0.3, -0.25) is 0 Å². The van der Waals surface area contributed by atoms with Gasteiger partial charge in [0.1, 0.15) is 12.0 Å². The van der Waals surface area contributed by atoms with Crippen molar-refractivity contribution in [2.45, 2.75) is 32.2 Å². The van der Waals surface area contributed by atoms with Gasteiger partial charge in [-0.1, -0.05) is 12.8 Å². The van der Waals surface area contributed by atoms with E-state index in [2.05, 4.69) is 5.32 Å². The first-order valence-corrected chi connectivity index (χ1v) is 5.77. The van der Waals surface area contributed by atoms with Crippen molar-refractivity contribution in [1.82, 2.24) is 5.32 Å². The molecular weight excluding hydrogens is 206 g/mol. The van der Waals surface area contributed by atoms with Crippen LogP contribution in [0.2, 0.25) is 0 Å². The summed E-state index contributed by atoms with van der Waals surface area (Å²) in [6, 6.07) is 1.57. The van der Waals surface area contributed by atoms with Crippen LogP contribution in [0.3, 0.4) is 0 Å². The summed E-state index contributed by atoms with van der Waals surface area (Å²) in [5.74, 6) is 0.537. The maximum atomic E-state index is 10.6. The van der Waals surface area contributed by atoms with Gasteiger partial charge in [0.15, 0.2) is 0 Å². The summed E-state index contributed by atoms with van der Waals surface area (Å²) in [5, 5.41) is 12.0. The summed E-state index contributed by atoms with van der Waals surface area (Å²) in [5.41, 5.74) is 0.220. The molecular formula is C12H17NO3. The van der Waals surface area contributed by atoms with Gasteiger partial charge in [-0.15, -0.1) is 0 Å². The Morgan fingerprint density at radius 1 is 1.50 bits per heavy atom. The number of furan rings is 1. The first-order chi connectivity index (χ1) is 7.75. The van der Waals surface area contributed by atoms with E-state index in [1.54, 1.807) is 6.07 Å². The molecule has 0 spiro atoms. The third kappa shape index (κ3) is 2.85. The first kappa shape index (κ1) is 11.2. The topological polar surface area (TPSA) is 62.5 Å². The minimum Gasteiger partial charge on any atom is -0.478 e. The number of carboxylic acid groups (broad SMARTS) is 1. The Morgan fingerprint density at radius 2 is 2.25 bits per heavy atom. The highest BCUT2D eigenvalue weighted by atomic mass is 16.4. The van der Waals surface area contributed by atoms with Crippen LogP contribution >= 0.6 is 0 Å². The molecule has 1 saturated carbocycles. The number of hydrogen-bond donors (Lipinski definition) is 2. The summed E-state index contributed by atoms with van der Waals surface area (Å²) >= 11 is 0. The van der Waals surface area contributed by atoms with Crippen LogP contribution in [0.4, 0.5) is 0 Å². The van der Waals surface area contributed by atoms with Crippen molar-refractivity contribution in [3.63, 3.8) is 0 Å². The lowest BCUT2D eigenvalue weighted by Crippen LogP contribution is -2.20. The van der Waals surface area contributed by atoms with Gasteiger partial charge >= 0.3 is 5.97 Å². The van der Waals surface area contributed by atoms with Crippen molar-refractivity contribution in [2.75, 3.05) is 6.54 Å². The lowest BCUT2D eigenvalue weighted by atomic mass is 10.1. The molecule has 2 rings (SSSR count). The number of aromatic carboxylic acids is 1. The fourth-order valence-electron chi connectivity index (χ4n) is 2.20. The minimum absolute atomic E-state index is 0.220. The molecule has 0 saturated heterocycles. The molecule has 4 heteroatoms. The van der Waals surface area contributed by atoms with Gasteiger partial charge in [0, 0.05) is 0 Å². The molecule has 0 aliphatic heterocycles. The van der Waals surface area contributed by atoms with Crippen LogP contribution in [0.1, 0.15) is 41.8 Å². The van der Waals surface area contributed by atoms with Gasteiger partial charge in [-0.2, -0.15) is 0 Å². The van der Waals surface area contributed by atoms with Crippen molar-refractivity contribution in [3.05, 3.63) is 23.7 Å². The van der Waals surface area contributed by atoms with Gasteiger partial charge in [0.25, 0.3) is 0 Å². The van der Waals surface area contributed by atoms with Crippen LogP contribution in [-0.4, -0.2) is 17.6 Å². The molecule has 0 amide bonds. The third-order valence-corrected chi connectivity index (χ3v) is 3.11. The fraction of sp³-hybridized carbons (Fsp3) is 0.583. The van der Waals surface area contributed by atoms with Crippen molar-refractivity contribution in [1.29, 1.82) is 0 Å². The Kier molecular flexibility index (Phi) is 3.62. The first-order valence-electron chi connectivity index (χ1n) is 5.77. The van der Waals surface area contributed by atoms with E-state index < -0.39 is 5.97 Å². The molecule has 1 aromatic rings. The smallest absolute Gasteiger partial charge is 0.338 e. The molecule has 1 aliphatic rings. The summed E-state index contributed by atoms with van der Waals surface area (Å²) in [6.07, 6.45) is 6.60. The fourth-order valence-corrected chi connectivity index (χ4v) is 2.20. The number of hydrogen-bond acceptors (Lipinski definition) is 3. The highest BCUT2D eigenvalue weighted by molar-refractivity contribution is 5.87. The van der Waals surface area contributed by atoms with Crippen molar-refractivity contribution in [3.8, 4) is 0 Å². The Morgan fingerprint density at radius 3 is 2.88 bits per heavy atom. The van der Waals surface area contributed by atoms with Gasteiger partial charge in [-0.25, -0.2) is 4.79 Å². The molecule has 1 aromatic heterocycles. The van der Waals surface area contributed by atoms with Crippen LogP contribution in [0.25, 0.3) is 0 Å². The van der Waals surface area contributed by atoms with Gasteiger partial charge < -0.3 is 14.8 Å². The lowest BCUT2D eigenvalue weighted by Gasteiger charge is -2.08. The molecule has 0 atom stereocenters. The summed E-state index contributed by atoms with van der Waals surface area (Å²) in [7, 11) is 0. The second kappa shape index (κ2) is 5.16. The Labute approximate surface area is 94.6 Å². The standard InChI is InChI=1S/C12H17NO3/c14-12(15)10-5-11(16-8-10)7-13-6-9-3-1-2-4-9/h5,8-9,13H,1-4,6-7H2,(H,14,15). The van der Waals surface area contributed by atoms with E-state index in [-0.39, 0.29) is 5.56 Å². The Hall–Kier alpha value is -1.29. The SMILES string of the molecule is O=C(O)c1coc(CNCC2CCCC2)c1. The monoisotopic (exact) mass is 223 g/mol. The predicted octanol–water partition coefficient (Wildman–Crippen LogP) is 2.26. The zero-order valence-corrected chi connectivity index (χ0v) is 9.24. The van der Waals surface area contributed by atoms with E-state index >= 15 is 0 Å². The van der Waals surface area contributed by atoms with E-state index in [0.717, 1.165) is 12.5 Å². The largest absolute Gasteiger partial charge is 0.478 e. The van der Waals surface area contributed by atoms with E-state index in [4.69, 9.17) is 9.52 Å². The Balaban J connectivity index is 1.74. The van der Waals surface area contributed by atoms with Crippen molar-refractivity contribution < 1.29 is 14.3 Å². The van der Waals surface area contributed by atoms with Gasteiger partial charge in [0.2, 0.25) is 0 Å². The second-order valence-corrected chi connectivity index (χ2v) is 4.39. The molecule has 0 aromatic carbocycles. The number of nitrogens with one attached hydrogen (secondary N) is 1. The van der Waals surface area contributed by atoms with Crippen LogP contribution < -0.4 is 5.32 Å². The van der Waals surface area contributed by atoms with E-state index in [9.17, 15) is 4.79 Å². The number of rotatable bonds is 5. The van der Waals surface area contributed by atoms with Crippen molar-refractivity contribution >= 4 is 5.97 Å². The minimum atomic E-state index is -0.939. The highest BCUT2D eigenvalue weighted by Crippen LogP contribution is 2.23. The molecule has 88 valence electrons. The van der Waals surface area contributed by atoms with Crippen LogP contribution in [-0.2, 0) is 6.54 Å². The van der Waals surface area contributed by atoms with Crippen molar-refractivity contribution in [2.24, 2.45) is 5.92 Å². The maximum absolute atomic E-state index is 10.6. The lowest BCUT2D eigenvalue weighted by molar-refractivity contribution is 0.0696. The molecule has 1 aliphatic carbocycles. The van der Waals surface area contributed by atoms with E-state index in [1.807, 2.05) is 0 Å². The number of carbonyl (C=O) groups is 1. The normalized spacial score (nSPS) is 16.8. The highest BCUT2D eigenvalue weighted by Gasteiger charge is 2.14. The van der Waals surface area contributed by atoms with Gasteiger partial charge in [0.05, 0.1) is 12.1 Å². The van der Waals surface area contributed by atoms with Crippen LogP contribution in [0.5, 0.6) is 0 Å². The Bertz CT molecular complexity index is 353. The molecule has 1 heterocycles. The molecule has 0 bridgehead atoms. The summed E-state index contributed by atoms with van der Waals surface area (Å²) < 4.78 is 5.15. The quantitative estimate of drug-likeness (QED) is 0.803. The molecule has 4 nitrogen and oxygen atoms in total. The summed E-state index contributed by atoms with van der Waals surface area (Å²) in [6.45, 7) is 1.62. The molecule has 2 N–H and O–H groups in total. The van der Waals surface area contributed by atoms with E-state index in [0.29, 0.717) is 12.3 Å². The second-order valence-electron chi connectivity index (χ2n) is 4.39. The maximum Gasteiger partial charge on any atom is 0.338 e. The zero-order valence-electron chi connectivity index (χ0n) is 9.24. The van der Waals surface area contributed by atoms with Crippen LogP contribution in [0, 0.1) is 5.92 Å². The molecule has 0 unspecified atom stereocenters. The third-order valence-electron chi connectivity index (χ3n) is 3.11. The molecule has 16 heavy (non-hydrogen) atoms. The van der Waals surface area contributed by atoms with Gasteiger partial charge in [-0.05, 0) is 31.4 Å². The molecule has 1 fully saturated rings. The number of carboxylic acids is 1. The average Bonchev–Trinajstić information content (AvgIpc) is 2.87. The molecule has 0 radical (unpaired) electrons. The zero-order chi connectivity index (χ0) is 11.4. The summed E-state index contributed by atoms with van der Waals surface area (Å²) in [4.78, 5) is 10.6. The predicted molar refractivity (Wildman–Crippen MR) is 59.3 cm³/mol. The average molecular weight is 223 g/mol.